The molecule has 0 aliphatic carbocycles. The number of ether oxygens (including phenoxy) is 1. The van der Waals surface area contributed by atoms with Gasteiger partial charge < -0.3 is 10.1 Å². The fourth-order valence-corrected chi connectivity index (χ4v) is 1.71. The van der Waals surface area contributed by atoms with Crippen molar-refractivity contribution in [3.05, 3.63) is 0 Å². The van der Waals surface area contributed by atoms with Crippen LogP contribution in [0.1, 0.15) is 59.3 Å². The summed E-state index contributed by atoms with van der Waals surface area (Å²) in [6.45, 7) is 9.43. The number of rotatable bonds is 11. The fourth-order valence-electron chi connectivity index (χ4n) is 1.71. The van der Waals surface area contributed by atoms with Crippen LogP contribution in [0.3, 0.4) is 0 Å². The maximum atomic E-state index is 5.41. The number of nitrogens with one attached hydrogen (secondary N) is 1. The van der Waals surface area contributed by atoms with E-state index in [4.69, 9.17) is 4.74 Å². The predicted octanol–water partition coefficient (Wildman–Crippen LogP) is 3.36. The Bertz CT molecular complexity index is 107. The van der Waals surface area contributed by atoms with Gasteiger partial charge in [-0.05, 0) is 32.7 Å². The highest BCUT2D eigenvalue weighted by Crippen LogP contribution is 2.06. The van der Waals surface area contributed by atoms with E-state index in [1.807, 2.05) is 0 Å². The van der Waals surface area contributed by atoms with Crippen molar-refractivity contribution < 1.29 is 4.74 Å². The van der Waals surface area contributed by atoms with Gasteiger partial charge in [0.05, 0.1) is 0 Å². The molecule has 15 heavy (non-hydrogen) atoms. The fraction of sp³-hybridized carbons (Fsp3) is 1.00. The van der Waals surface area contributed by atoms with E-state index in [1.165, 1.54) is 32.1 Å². The van der Waals surface area contributed by atoms with Crippen molar-refractivity contribution in [3.63, 3.8) is 0 Å². The molecule has 0 amide bonds. The minimum atomic E-state index is 0.669. The highest BCUT2D eigenvalue weighted by Gasteiger charge is 2.06. The van der Waals surface area contributed by atoms with Crippen molar-refractivity contribution in [3.8, 4) is 0 Å². The first-order valence-electron chi connectivity index (χ1n) is 6.66. The van der Waals surface area contributed by atoms with Gasteiger partial charge >= 0.3 is 0 Å². The minimum Gasteiger partial charge on any atom is -0.382 e. The summed E-state index contributed by atoms with van der Waals surface area (Å²) >= 11 is 0. The van der Waals surface area contributed by atoms with E-state index < -0.39 is 0 Å². The lowest BCUT2D eigenvalue weighted by atomic mass is 10.1. The molecule has 0 bridgehead atoms. The Labute approximate surface area is 95.8 Å². The molecule has 1 unspecified atom stereocenters. The predicted molar refractivity (Wildman–Crippen MR) is 67.3 cm³/mol. The van der Waals surface area contributed by atoms with Gasteiger partial charge in [-0.2, -0.15) is 0 Å². The van der Waals surface area contributed by atoms with Gasteiger partial charge in [-0.25, -0.2) is 0 Å². The molecule has 0 aromatic carbocycles. The van der Waals surface area contributed by atoms with Gasteiger partial charge in [0.15, 0.2) is 0 Å². The smallest absolute Gasteiger partial charge is 0.0480 e. The SMILES string of the molecule is CCCCCC(CCOCC)NCCC. The molecule has 2 heteroatoms. The lowest BCUT2D eigenvalue weighted by Crippen LogP contribution is -2.31. The number of hydrogen-bond acceptors (Lipinski definition) is 2. The van der Waals surface area contributed by atoms with Gasteiger partial charge in [0, 0.05) is 19.3 Å². The molecule has 92 valence electrons. The summed E-state index contributed by atoms with van der Waals surface area (Å²) in [5.74, 6) is 0. The van der Waals surface area contributed by atoms with E-state index >= 15 is 0 Å². The second-order valence-corrected chi connectivity index (χ2v) is 4.13. The minimum absolute atomic E-state index is 0.669. The third kappa shape index (κ3) is 10.2. The lowest BCUT2D eigenvalue weighted by Gasteiger charge is -2.18. The first-order valence-corrected chi connectivity index (χ1v) is 6.66. The van der Waals surface area contributed by atoms with Crippen LogP contribution in [0.15, 0.2) is 0 Å². The van der Waals surface area contributed by atoms with E-state index in [9.17, 15) is 0 Å². The molecule has 0 aromatic heterocycles. The summed E-state index contributed by atoms with van der Waals surface area (Å²) in [7, 11) is 0. The first kappa shape index (κ1) is 14.9. The third-order valence-corrected chi connectivity index (χ3v) is 2.65. The summed E-state index contributed by atoms with van der Waals surface area (Å²) in [5.41, 5.74) is 0. The molecule has 0 radical (unpaired) electrons. The van der Waals surface area contributed by atoms with Gasteiger partial charge in [0.1, 0.15) is 0 Å². The summed E-state index contributed by atoms with van der Waals surface area (Å²) in [6, 6.07) is 0.669. The Morgan fingerprint density at radius 3 is 2.40 bits per heavy atom. The third-order valence-electron chi connectivity index (χ3n) is 2.65. The average Bonchev–Trinajstić information content (AvgIpc) is 2.25. The van der Waals surface area contributed by atoms with Crippen LogP contribution in [-0.4, -0.2) is 25.8 Å². The highest BCUT2D eigenvalue weighted by atomic mass is 16.5. The van der Waals surface area contributed by atoms with Crippen LogP contribution < -0.4 is 5.32 Å². The van der Waals surface area contributed by atoms with Crippen LogP contribution in [0, 0.1) is 0 Å². The van der Waals surface area contributed by atoms with E-state index in [1.54, 1.807) is 0 Å². The van der Waals surface area contributed by atoms with E-state index in [-0.39, 0.29) is 0 Å². The van der Waals surface area contributed by atoms with Gasteiger partial charge in [-0.3, -0.25) is 0 Å². The maximum Gasteiger partial charge on any atom is 0.0480 e. The molecule has 0 heterocycles. The second-order valence-electron chi connectivity index (χ2n) is 4.13. The van der Waals surface area contributed by atoms with E-state index in [0.717, 1.165) is 26.2 Å². The molecular weight excluding hydrogens is 186 g/mol. The number of hydrogen-bond donors (Lipinski definition) is 1. The van der Waals surface area contributed by atoms with Crippen LogP contribution in [0.25, 0.3) is 0 Å². The van der Waals surface area contributed by atoms with Gasteiger partial charge in [-0.1, -0.05) is 33.1 Å². The Kier molecular flexibility index (Phi) is 11.9. The van der Waals surface area contributed by atoms with Gasteiger partial charge in [0.25, 0.3) is 0 Å². The highest BCUT2D eigenvalue weighted by molar-refractivity contribution is 4.66. The molecule has 0 aromatic rings. The number of unbranched alkanes of at least 4 members (excludes halogenated alkanes) is 2. The topological polar surface area (TPSA) is 21.3 Å². The molecule has 1 N–H and O–H groups in total. The van der Waals surface area contributed by atoms with Crippen molar-refractivity contribution in [1.82, 2.24) is 5.32 Å². The Hall–Kier alpha value is -0.0800. The van der Waals surface area contributed by atoms with Crippen LogP contribution >= 0.6 is 0 Å². The quantitative estimate of drug-likeness (QED) is 0.534. The molecule has 0 fully saturated rings. The summed E-state index contributed by atoms with van der Waals surface area (Å²) in [6.07, 6.45) is 7.71. The van der Waals surface area contributed by atoms with Crippen LogP contribution in [0.2, 0.25) is 0 Å². The zero-order valence-electron chi connectivity index (χ0n) is 10.8. The molecule has 0 aliphatic rings. The van der Waals surface area contributed by atoms with E-state index in [0.29, 0.717) is 6.04 Å². The normalized spacial score (nSPS) is 13.0. The van der Waals surface area contributed by atoms with Crippen LogP contribution in [0.5, 0.6) is 0 Å². The van der Waals surface area contributed by atoms with Crippen molar-refractivity contribution in [2.75, 3.05) is 19.8 Å². The van der Waals surface area contributed by atoms with Crippen LogP contribution in [-0.2, 0) is 4.74 Å². The van der Waals surface area contributed by atoms with Crippen molar-refractivity contribution in [2.45, 2.75) is 65.3 Å². The monoisotopic (exact) mass is 215 g/mol. The zero-order chi connectivity index (χ0) is 11.4. The Balaban J connectivity index is 3.53. The van der Waals surface area contributed by atoms with Crippen molar-refractivity contribution >= 4 is 0 Å². The molecule has 2 nitrogen and oxygen atoms in total. The van der Waals surface area contributed by atoms with Crippen molar-refractivity contribution in [2.24, 2.45) is 0 Å². The standard InChI is InChI=1S/C13H29NO/c1-4-7-8-9-13(14-11-5-2)10-12-15-6-3/h13-14H,4-12H2,1-3H3. The lowest BCUT2D eigenvalue weighted by molar-refractivity contribution is 0.135. The molecule has 0 aliphatic heterocycles. The Morgan fingerprint density at radius 2 is 1.80 bits per heavy atom. The zero-order valence-corrected chi connectivity index (χ0v) is 10.8. The van der Waals surface area contributed by atoms with Crippen LogP contribution in [0.4, 0.5) is 0 Å². The van der Waals surface area contributed by atoms with Gasteiger partial charge in [0.2, 0.25) is 0 Å². The molecule has 0 saturated carbocycles. The summed E-state index contributed by atoms with van der Waals surface area (Å²) < 4.78 is 5.41. The summed E-state index contributed by atoms with van der Waals surface area (Å²) in [5, 5.41) is 3.61. The van der Waals surface area contributed by atoms with Crippen molar-refractivity contribution in [1.29, 1.82) is 0 Å². The molecule has 0 saturated heterocycles. The molecular formula is C13H29NO. The second kappa shape index (κ2) is 12.0. The molecule has 0 rings (SSSR count). The maximum absolute atomic E-state index is 5.41. The van der Waals surface area contributed by atoms with Gasteiger partial charge in [-0.15, -0.1) is 0 Å². The summed E-state index contributed by atoms with van der Waals surface area (Å²) in [4.78, 5) is 0. The average molecular weight is 215 g/mol. The Morgan fingerprint density at radius 1 is 1.00 bits per heavy atom. The largest absolute Gasteiger partial charge is 0.382 e. The first-order chi connectivity index (χ1) is 7.35. The molecule has 0 spiro atoms. The molecule has 1 atom stereocenters. The van der Waals surface area contributed by atoms with E-state index in [2.05, 4.69) is 26.1 Å².